The average molecular weight is 260 g/mol. The molecule has 0 unspecified atom stereocenters. The third-order valence-electron chi connectivity index (χ3n) is 6.18. The van der Waals surface area contributed by atoms with Gasteiger partial charge < -0.3 is 4.74 Å². The van der Waals surface area contributed by atoms with E-state index in [2.05, 4.69) is 6.08 Å². The summed E-state index contributed by atoms with van der Waals surface area (Å²) >= 11 is 0. The number of fused-ring (bicyclic) bond motifs is 1. The standard InChI is InChI=1S/C16H20O3/c17-13-15-8-3-4-9-16(15,14(18)19-13)12-6-2-1-5-11(12)7-10-15/h7,12H,1-6,8-10H2/t12-,15+,16+/m0/s1. The molecule has 0 aromatic rings. The van der Waals surface area contributed by atoms with E-state index in [1.807, 2.05) is 0 Å². The van der Waals surface area contributed by atoms with Crippen LogP contribution in [0.2, 0.25) is 0 Å². The van der Waals surface area contributed by atoms with E-state index in [4.69, 9.17) is 4.74 Å². The van der Waals surface area contributed by atoms with Crippen molar-refractivity contribution in [1.29, 1.82) is 0 Å². The maximum Gasteiger partial charge on any atom is 0.321 e. The zero-order chi connectivity index (χ0) is 13.1. The van der Waals surface area contributed by atoms with Crippen LogP contribution in [0, 0.1) is 16.7 Å². The van der Waals surface area contributed by atoms with Crippen molar-refractivity contribution in [1.82, 2.24) is 0 Å². The maximum absolute atomic E-state index is 12.6. The molecule has 0 aromatic carbocycles. The fraction of sp³-hybridized carbons (Fsp3) is 0.750. The molecule has 0 amide bonds. The predicted molar refractivity (Wildman–Crippen MR) is 69.1 cm³/mol. The van der Waals surface area contributed by atoms with Crippen molar-refractivity contribution in [2.45, 2.75) is 57.8 Å². The smallest absolute Gasteiger partial charge is 0.321 e. The van der Waals surface area contributed by atoms with Gasteiger partial charge in [-0.3, -0.25) is 9.59 Å². The topological polar surface area (TPSA) is 43.4 Å². The fourth-order valence-corrected chi connectivity index (χ4v) is 5.31. The lowest BCUT2D eigenvalue weighted by Crippen LogP contribution is -2.54. The van der Waals surface area contributed by atoms with Crippen LogP contribution in [-0.2, 0) is 14.3 Å². The molecule has 0 radical (unpaired) electrons. The Hall–Kier alpha value is -1.12. The van der Waals surface area contributed by atoms with Crippen LogP contribution in [0.15, 0.2) is 11.6 Å². The van der Waals surface area contributed by atoms with E-state index in [9.17, 15) is 9.59 Å². The third kappa shape index (κ3) is 1.20. The SMILES string of the molecule is O=C1OC(=O)[C@]23CCCC[C@@]12CC=C1CCCC[C@@H]13. The van der Waals surface area contributed by atoms with Gasteiger partial charge in [0.1, 0.15) is 0 Å². The minimum atomic E-state index is -0.506. The van der Waals surface area contributed by atoms with E-state index in [1.54, 1.807) is 0 Å². The number of esters is 2. The highest BCUT2D eigenvalue weighted by Gasteiger charge is 2.72. The molecule has 3 nitrogen and oxygen atoms in total. The van der Waals surface area contributed by atoms with Gasteiger partial charge in [-0.15, -0.1) is 0 Å². The Morgan fingerprint density at radius 2 is 1.89 bits per heavy atom. The Morgan fingerprint density at radius 3 is 2.79 bits per heavy atom. The lowest BCUT2D eigenvalue weighted by Gasteiger charge is -2.52. The zero-order valence-electron chi connectivity index (χ0n) is 11.2. The highest BCUT2D eigenvalue weighted by Crippen LogP contribution is 2.67. The Morgan fingerprint density at radius 1 is 1.05 bits per heavy atom. The summed E-state index contributed by atoms with van der Waals surface area (Å²) in [5.74, 6) is -0.137. The number of cyclic esters (lactones) is 2. The summed E-state index contributed by atoms with van der Waals surface area (Å²) in [7, 11) is 0. The van der Waals surface area contributed by atoms with E-state index in [0.717, 1.165) is 44.9 Å². The molecule has 2 saturated carbocycles. The zero-order valence-corrected chi connectivity index (χ0v) is 11.2. The van der Waals surface area contributed by atoms with Crippen LogP contribution >= 0.6 is 0 Å². The van der Waals surface area contributed by atoms with E-state index in [0.29, 0.717) is 0 Å². The van der Waals surface area contributed by atoms with Gasteiger partial charge in [-0.1, -0.05) is 30.9 Å². The minimum Gasteiger partial charge on any atom is -0.392 e. The number of carbonyl (C=O) groups excluding carboxylic acids is 2. The average Bonchev–Trinajstić information content (AvgIpc) is 2.69. The summed E-state index contributed by atoms with van der Waals surface area (Å²) in [5, 5.41) is 0. The lowest BCUT2D eigenvalue weighted by molar-refractivity contribution is -0.156. The largest absolute Gasteiger partial charge is 0.392 e. The number of hydrogen-bond acceptors (Lipinski definition) is 3. The van der Waals surface area contributed by atoms with Gasteiger partial charge in [0.25, 0.3) is 0 Å². The molecule has 4 aliphatic rings. The first-order valence-electron chi connectivity index (χ1n) is 7.66. The van der Waals surface area contributed by atoms with Crippen molar-refractivity contribution >= 4 is 11.9 Å². The Kier molecular flexibility index (Phi) is 2.28. The summed E-state index contributed by atoms with van der Waals surface area (Å²) < 4.78 is 5.17. The molecule has 0 spiro atoms. The summed E-state index contributed by atoms with van der Waals surface area (Å²) in [4.78, 5) is 24.9. The monoisotopic (exact) mass is 260 g/mol. The van der Waals surface area contributed by atoms with Crippen LogP contribution in [0.3, 0.4) is 0 Å². The van der Waals surface area contributed by atoms with Crippen molar-refractivity contribution in [2.24, 2.45) is 16.7 Å². The van der Waals surface area contributed by atoms with Crippen molar-refractivity contribution in [2.75, 3.05) is 0 Å². The van der Waals surface area contributed by atoms with Crippen molar-refractivity contribution in [3.8, 4) is 0 Å². The number of hydrogen-bond donors (Lipinski definition) is 0. The molecular formula is C16H20O3. The van der Waals surface area contributed by atoms with Gasteiger partial charge in [-0.05, 0) is 44.4 Å². The van der Waals surface area contributed by atoms with Gasteiger partial charge in [0.15, 0.2) is 0 Å². The van der Waals surface area contributed by atoms with E-state index in [-0.39, 0.29) is 17.9 Å². The van der Waals surface area contributed by atoms with Crippen LogP contribution in [-0.4, -0.2) is 11.9 Å². The molecule has 0 N–H and O–H groups in total. The second kappa shape index (κ2) is 3.71. The Balaban J connectivity index is 1.91. The molecule has 0 bridgehead atoms. The second-order valence-corrected chi connectivity index (χ2v) is 6.72. The highest BCUT2D eigenvalue weighted by atomic mass is 16.6. The molecule has 3 atom stereocenters. The first-order chi connectivity index (χ1) is 9.21. The van der Waals surface area contributed by atoms with E-state index in [1.165, 1.54) is 18.4 Å². The quantitative estimate of drug-likeness (QED) is 0.382. The molecule has 3 fully saturated rings. The number of rotatable bonds is 0. The summed E-state index contributed by atoms with van der Waals surface area (Å²) in [6.07, 6.45) is 11.4. The lowest BCUT2D eigenvalue weighted by atomic mass is 9.46. The van der Waals surface area contributed by atoms with Gasteiger partial charge in [0.2, 0.25) is 0 Å². The minimum absolute atomic E-state index is 0.199. The normalized spacial score (nSPS) is 44.8. The third-order valence-corrected chi connectivity index (χ3v) is 6.18. The van der Waals surface area contributed by atoms with Gasteiger partial charge in [0.05, 0.1) is 10.8 Å². The number of ether oxygens (including phenoxy) is 1. The van der Waals surface area contributed by atoms with Crippen molar-refractivity contribution in [3.05, 3.63) is 11.6 Å². The Labute approximate surface area is 113 Å². The maximum atomic E-state index is 12.6. The molecule has 4 rings (SSSR count). The van der Waals surface area contributed by atoms with E-state index >= 15 is 0 Å². The first-order valence-corrected chi connectivity index (χ1v) is 7.66. The molecule has 1 saturated heterocycles. The van der Waals surface area contributed by atoms with Gasteiger partial charge in [-0.2, -0.15) is 0 Å². The van der Waals surface area contributed by atoms with Crippen LogP contribution in [0.1, 0.15) is 57.8 Å². The number of carbonyl (C=O) groups is 2. The summed E-state index contributed by atoms with van der Waals surface area (Å²) in [6.45, 7) is 0. The predicted octanol–water partition coefficient (Wildman–Crippen LogP) is 3.14. The van der Waals surface area contributed by atoms with Gasteiger partial charge in [-0.25, -0.2) is 0 Å². The Bertz CT molecular complexity index is 492. The van der Waals surface area contributed by atoms with Crippen LogP contribution < -0.4 is 0 Å². The summed E-state index contributed by atoms with van der Waals surface area (Å²) in [6, 6.07) is 0. The van der Waals surface area contributed by atoms with Crippen LogP contribution in [0.4, 0.5) is 0 Å². The van der Waals surface area contributed by atoms with E-state index < -0.39 is 10.8 Å². The van der Waals surface area contributed by atoms with Gasteiger partial charge >= 0.3 is 11.9 Å². The molecule has 3 heteroatoms. The first kappa shape index (κ1) is 11.7. The molecule has 102 valence electrons. The fourth-order valence-electron chi connectivity index (χ4n) is 5.31. The van der Waals surface area contributed by atoms with Crippen molar-refractivity contribution in [3.63, 3.8) is 0 Å². The second-order valence-electron chi connectivity index (χ2n) is 6.72. The van der Waals surface area contributed by atoms with Gasteiger partial charge in [0, 0.05) is 0 Å². The molecule has 1 aliphatic heterocycles. The van der Waals surface area contributed by atoms with Crippen molar-refractivity contribution < 1.29 is 14.3 Å². The van der Waals surface area contributed by atoms with Crippen LogP contribution in [0.5, 0.6) is 0 Å². The molecule has 3 aliphatic carbocycles. The highest BCUT2D eigenvalue weighted by molar-refractivity contribution is 6.03. The summed E-state index contributed by atoms with van der Waals surface area (Å²) in [5.41, 5.74) is 0.441. The number of allylic oxidation sites excluding steroid dienone is 2. The van der Waals surface area contributed by atoms with Crippen LogP contribution in [0.25, 0.3) is 0 Å². The molecular weight excluding hydrogens is 240 g/mol. The molecule has 19 heavy (non-hydrogen) atoms. The molecule has 1 heterocycles. The molecule has 0 aromatic heterocycles.